The van der Waals surface area contributed by atoms with Gasteiger partial charge in [0, 0.05) is 14.2 Å². The average Bonchev–Trinajstić information content (AvgIpc) is 1.81. The van der Waals surface area contributed by atoms with Crippen LogP contribution in [0.4, 0.5) is 0 Å². The summed E-state index contributed by atoms with van der Waals surface area (Å²) in [6.45, 7) is 0. The second-order valence-electron chi connectivity index (χ2n) is 0. The molecule has 0 aromatic rings. The Morgan fingerprint density at radius 1 is 0.833 bits per heavy atom. The third-order valence-corrected chi connectivity index (χ3v) is 0. The zero-order valence-electron chi connectivity index (χ0n) is 4.05. The molecular formula is C4H10O2. The first kappa shape index (κ1) is 17.9. The fourth-order valence-corrected chi connectivity index (χ4v) is 0. The summed E-state index contributed by atoms with van der Waals surface area (Å²) in [6.07, 6.45) is 8.00. The van der Waals surface area contributed by atoms with Crippen LogP contribution >= 0.6 is 0 Å². The molecule has 2 nitrogen and oxygen atoms in total. The van der Waals surface area contributed by atoms with Gasteiger partial charge in [0.1, 0.15) is 0 Å². The lowest BCUT2D eigenvalue weighted by Gasteiger charge is -1.21. The van der Waals surface area contributed by atoms with Crippen LogP contribution in [0.1, 0.15) is 0 Å². The van der Waals surface area contributed by atoms with Crippen LogP contribution in [-0.4, -0.2) is 24.4 Å². The smallest absolute Gasteiger partial charge is 0.0319 e. The quantitative estimate of drug-likeness (QED) is 0.392. The predicted molar refractivity (Wildman–Crippen MR) is 26.2 cm³/mol. The molecule has 2 N–H and O–H groups in total. The summed E-state index contributed by atoms with van der Waals surface area (Å²) < 4.78 is 0. The Bertz CT molecular complexity index is 10.3. The van der Waals surface area contributed by atoms with E-state index in [4.69, 9.17) is 10.2 Å². The van der Waals surface area contributed by atoms with E-state index in [1.165, 1.54) is 0 Å². The molecule has 0 aliphatic rings. The van der Waals surface area contributed by atoms with E-state index in [0.717, 1.165) is 14.2 Å². The zero-order valence-corrected chi connectivity index (χ0v) is 4.05. The van der Waals surface area contributed by atoms with E-state index in [1.54, 1.807) is 0 Å². The van der Waals surface area contributed by atoms with Crippen molar-refractivity contribution in [3.63, 3.8) is 0 Å². The second kappa shape index (κ2) is 201. The van der Waals surface area contributed by atoms with E-state index >= 15 is 0 Å². The summed E-state index contributed by atoms with van der Waals surface area (Å²) >= 11 is 0. The van der Waals surface area contributed by atoms with Crippen LogP contribution in [0, 0.1) is 12.8 Å². The summed E-state index contributed by atoms with van der Waals surface area (Å²) in [5.74, 6) is 0. The van der Waals surface area contributed by atoms with Gasteiger partial charge in [-0.15, -0.1) is 12.8 Å². The average molecular weight is 90.1 g/mol. The summed E-state index contributed by atoms with van der Waals surface area (Å²) in [4.78, 5) is 0. The van der Waals surface area contributed by atoms with Gasteiger partial charge in [0.2, 0.25) is 0 Å². The van der Waals surface area contributed by atoms with Crippen LogP contribution in [0.2, 0.25) is 0 Å². The molecule has 2 heteroatoms. The molecule has 0 aromatic carbocycles. The van der Waals surface area contributed by atoms with E-state index in [-0.39, 0.29) is 0 Å². The third-order valence-electron chi connectivity index (χ3n) is 0. The van der Waals surface area contributed by atoms with Crippen LogP contribution < -0.4 is 0 Å². The lowest BCUT2D eigenvalue weighted by Crippen LogP contribution is -1.25. The largest absolute Gasteiger partial charge is 0.400 e. The Morgan fingerprint density at radius 2 is 0.833 bits per heavy atom. The molecule has 0 radical (unpaired) electrons. The maximum atomic E-state index is 7.00. The van der Waals surface area contributed by atoms with Crippen LogP contribution in [0.5, 0.6) is 0 Å². The lowest BCUT2D eigenvalue weighted by atomic mass is 11.4. The van der Waals surface area contributed by atoms with E-state index in [1.807, 2.05) is 0 Å². The fourth-order valence-electron chi connectivity index (χ4n) is 0. The van der Waals surface area contributed by atoms with Crippen molar-refractivity contribution >= 4 is 0 Å². The highest BCUT2D eigenvalue weighted by Crippen LogP contribution is 0.757. The van der Waals surface area contributed by atoms with Crippen LogP contribution in [0.25, 0.3) is 0 Å². The summed E-state index contributed by atoms with van der Waals surface area (Å²) in [6, 6.07) is 0. The van der Waals surface area contributed by atoms with E-state index in [0.29, 0.717) is 0 Å². The minimum atomic E-state index is 1.00. The summed E-state index contributed by atoms with van der Waals surface area (Å²) in [5.41, 5.74) is 0. The van der Waals surface area contributed by atoms with Gasteiger partial charge in [-0.05, 0) is 0 Å². The van der Waals surface area contributed by atoms with Crippen molar-refractivity contribution in [1.82, 2.24) is 0 Å². The van der Waals surface area contributed by atoms with Gasteiger partial charge >= 0.3 is 0 Å². The van der Waals surface area contributed by atoms with Gasteiger partial charge in [-0.1, -0.05) is 0 Å². The number of aliphatic hydroxyl groups excluding tert-OH is 2. The predicted octanol–water partition coefficient (Wildman–Crippen LogP) is -0.534. The molecule has 0 heterocycles. The topological polar surface area (TPSA) is 40.5 Å². The molecule has 0 aliphatic heterocycles. The molecule has 0 saturated carbocycles. The van der Waals surface area contributed by atoms with Gasteiger partial charge in [0.05, 0.1) is 0 Å². The van der Waals surface area contributed by atoms with Crippen LogP contribution in [0.3, 0.4) is 0 Å². The minimum absolute atomic E-state index is 1.00. The number of terminal acetylenes is 1. The fraction of sp³-hybridized carbons (Fsp3) is 0.500. The maximum absolute atomic E-state index is 7.00. The SMILES string of the molecule is C#C.CO.CO. The van der Waals surface area contributed by atoms with Crippen molar-refractivity contribution < 1.29 is 10.2 Å². The summed E-state index contributed by atoms with van der Waals surface area (Å²) in [7, 11) is 2.00. The number of rotatable bonds is 0. The minimum Gasteiger partial charge on any atom is -0.400 e. The maximum Gasteiger partial charge on any atom is 0.0319 e. The Balaban J connectivity index is -0.0000000225. The Labute approximate surface area is 38.4 Å². The highest BCUT2D eigenvalue weighted by molar-refractivity contribution is 4.47. The zero-order chi connectivity index (χ0) is 6.00. The normalized spacial score (nSPS) is 2.33. The molecule has 0 bridgehead atoms. The highest BCUT2D eigenvalue weighted by Gasteiger charge is 0.841. The Morgan fingerprint density at radius 3 is 0.833 bits per heavy atom. The first-order chi connectivity index (χ1) is 3.00. The molecule has 0 unspecified atom stereocenters. The Hall–Kier alpha value is -0.520. The van der Waals surface area contributed by atoms with Crippen molar-refractivity contribution in [3.05, 3.63) is 0 Å². The number of aliphatic hydroxyl groups is 2. The molecule has 0 fully saturated rings. The van der Waals surface area contributed by atoms with Gasteiger partial charge in [-0.3, -0.25) is 0 Å². The van der Waals surface area contributed by atoms with E-state index in [2.05, 4.69) is 12.8 Å². The van der Waals surface area contributed by atoms with Gasteiger partial charge in [0.25, 0.3) is 0 Å². The van der Waals surface area contributed by atoms with Crippen molar-refractivity contribution in [2.75, 3.05) is 14.2 Å². The molecule has 38 valence electrons. The van der Waals surface area contributed by atoms with E-state index in [9.17, 15) is 0 Å². The standard InChI is InChI=1S/C2H2.2CH4O/c3*1-2/h1-2H;2*2H,1H3. The summed E-state index contributed by atoms with van der Waals surface area (Å²) in [5, 5.41) is 14.0. The molecule has 0 rings (SSSR count). The lowest BCUT2D eigenvalue weighted by molar-refractivity contribution is 0.399. The highest BCUT2D eigenvalue weighted by atomic mass is 16.2. The molecule has 0 atom stereocenters. The van der Waals surface area contributed by atoms with Gasteiger partial charge in [0.15, 0.2) is 0 Å². The van der Waals surface area contributed by atoms with Crippen molar-refractivity contribution in [2.24, 2.45) is 0 Å². The third kappa shape index (κ3) is 79.2. The van der Waals surface area contributed by atoms with Crippen molar-refractivity contribution in [3.8, 4) is 12.8 Å². The van der Waals surface area contributed by atoms with E-state index < -0.39 is 0 Å². The van der Waals surface area contributed by atoms with Crippen molar-refractivity contribution in [1.29, 1.82) is 0 Å². The molecule has 0 aromatic heterocycles. The van der Waals surface area contributed by atoms with Crippen LogP contribution in [-0.2, 0) is 0 Å². The van der Waals surface area contributed by atoms with Gasteiger partial charge in [-0.25, -0.2) is 0 Å². The van der Waals surface area contributed by atoms with Gasteiger partial charge in [-0.2, -0.15) is 0 Å². The molecular weight excluding hydrogens is 80.0 g/mol. The number of hydrogen-bond acceptors (Lipinski definition) is 2. The Kier molecular flexibility index (Phi) is 598. The second-order valence-corrected chi connectivity index (χ2v) is 0. The molecule has 0 aliphatic carbocycles. The first-order valence-corrected chi connectivity index (χ1v) is 1.23. The molecule has 6 heavy (non-hydrogen) atoms. The van der Waals surface area contributed by atoms with Gasteiger partial charge < -0.3 is 10.2 Å². The number of hydrogen-bond donors (Lipinski definition) is 2. The monoisotopic (exact) mass is 90.1 g/mol. The molecule has 0 amide bonds. The van der Waals surface area contributed by atoms with Crippen molar-refractivity contribution in [2.45, 2.75) is 0 Å². The first-order valence-electron chi connectivity index (χ1n) is 1.23. The van der Waals surface area contributed by atoms with Crippen LogP contribution in [0.15, 0.2) is 0 Å². The molecule has 0 spiro atoms. The molecule has 0 saturated heterocycles.